The van der Waals surface area contributed by atoms with Crippen LogP contribution in [0.4, 0.5) is 5.82 Å². The maximum atomic E-state index is 4.42. The van der Waals surface area contributed by atoms with E-state index in [1.165, 1.54) is 4.90 Å². The van der Waals surface area contributed by atoms with Gasteiger partial charge >= 0.3 is 0 Å². The van der Waals surface area contributed by atoms with Gasteiger partial charge in [-0.2, -0.15) is 0 Å². The fourth-order valence-electron chi connectivity index (χ4n) is 2.45. The molecule has 0 atom stereocenters. The molecular weight excluding hydrogens is 330 g/mol. The van der Waals surface area contributed by atoms with Gasteiger partial charge in [0.25, 0.3) is 0 Å². The van der Waals surface area contributed by atoms with Gasteiger partial charge in [-0.3, -0.25) is 0 Å². The highest BCUT2D eigenvalue weighted by Crippen LogP contribution is 2.29. The number of anilines is 1. The second kappa shape index (κ2) is 5.99. The Bertz CT molecular complexity index is 765. The summed E-state index contributed by atoms with van der Waals surface area (Å²) in [7, 11) is 4.33. The van der Waals surface area contributed by atoms with E-state index in [1.807, 2.05) is 6.07 Å². The van der Waals surface area contributed by atoms with Gasteiger partial charge in [-0.15, -0.1) is 0 Å². The lowest BCUT2D eigenvalue weighted by Crippen LogP contribution is -3.05. The maximum Gasteiger partial charge on any atom is 0.153 e. The zero-order valence-corrected chi connectivity index (χ0v) is 13.8. The average molecular weight is 349 g/mol. The highest BCUT2D eigenvalue weighted by Gasteiger charge is 2.10. The van der Waals surface area contributed by atoms with Crippen molar-refractivity contribution >= 4 is 43.7 Å². The monoisotopic (exact) mass is 348 g/mol. The van der Waals surface area contributed by atoms with E-state index >= 15 is 0 Å². The number of aromatic amines is 1. The van der Waals surface area contributed by atoms with Gasteiger partial charge in [-0.1, -0.05) is 15.9 Å². The molecule has 21 heavy (non-hydrogen) atoms. The lowest BCUT2D eigenvalue weighted by molar-refractivity contribution is -0.858. The zero-order chi connectivity index (χ0) is 14.8. The molecule has 0 aliphatic heterocycles. The SMILES string of the molecule is C[NH+](C)CCCNc1ncnc2c1[nH]c1ccc(Br)cc12. The predicted molar refractivity (Wildman–Crippen MR) is 89.9 cm³/mol. The Hall–Kier alpha value is -1.66. The van der Waals surface area contributed by atoms with Crippen molar-refractivity contribution in [1.29, 1.82) is 0 Å². The fraction of sp³-hybridized carbons (Fsp3) is 0.333. The van der Waals surface area contributed by atoms with Crippen molar-refractivity contribution in [3.63, 3.8) is 0 Å². The third-order valence-corrected chi connectivity index (χ3v) is 3.98. The topological polar surface area (TPSA) is 58.0 Å². The van der Waals surface area contributed by atoms with Gasteiger partial charge in [0.05, 0.1) is 20.6 Å². The number of fused-ring (bicyclic) bond motifs is 3. The molecule has 0 aliphatic carbocycles. The van der Waals surface area contributed by atoms with Crippen molar-refractivity contribution in [2.24, 2.45) is 0 Å². The Labute approximate surface area is 131 Å². The Kier molecular flexibility index (Phi) is 4.07. The Morgan fingerprint density at radius 1 is 1.29 bits per heavy atom. The number of rotatable bonds is 5. The minimum Gasteiger partial charge on any atom is -0.368 e. The summed E-state index contributed by atoms with van der Waals surface area (Å²) in [5, 5.41) is 4.52. The molecule has 3 aromatic rings. The first-order chi connectivity index (χ1) is 10.1. The summed E-state index contributed by atoms with van der Waals surface area (Å²) in [6.45, 7) is 2.05. The molecule has 0 fully saturated rings. The van der Waals surface area contributed by atoms with E-state index in [2.05, 4.69) is 62.4 Å². The van der Waals surface area contributed by atoms with Gasteiger partial charge < -0.3 is 15.2 Å². The number of quaternary nitrogens is 1. The molecule has 0 amide bonds. The van der Waals surface area contributed by atoms with Crippen LogP contribution in [0, 0.1) is 0 Å². The number of benzene rings is 1. The minimum absolute atomic E-state index is 0.876. The lowest BCUT2D eigenvalue weighted by Gasteiger charge is -2.08. The van der Waals surface area contributed by atoms with E-state index in [0.29, 0.717) is 0 Å². The number of hydrogen-bond donors (Lipinski definition) is 3. The van der Waals surface area contributed by atoms with Gasteiger partial charge in [-0.05, 0) is 18.2 Å². The number of halogens is 1. The van der Waals surface area contributed by atoms with E-state index in [0.717, 1.165) is 51.7 Å². The summed E-state index contributed by atoms with van der Waals surface area (Å²) in [4.78, 5) is 13.7. The highest BCUT2D eigenvalue weighted by molar-refractivity contribution is 9.10. The normalized spacial score (nSPS) is 11.6. The Balaban J connectivity index is 1.91. The van der Waals surface area contributed by atoms with Crippen LogP contribution in [-0.4, -0.2) is 42.1 Å². The first kappa shape index (κ1) is 14.3. The number of nitrogens with one attached hydrogen (secondary N) is 3. The summed E-state index contributed by atoms with van der Waals surface area (Å²) < 4.78 is 1.05. The Morgan fingerprint density at radius 3 is 2.95 bits per heavy atom. The molecule has 5 nitrogen and oxygen atoms in total. The first-order valence-electron chi connectivity index (χ1n) is 7.10. The predicted octanol–water partition coefficient (Wildman–Crippen LogP) is 1.82. The molecular formula is C15H19BrN5+. The molecule has 0 saturated heterocycles. The molecule has 6 heteroatoms. The van der Waals surface area contributed by atoms with Crippen LogP contribution in [0.5, 0.6) is 0 Å². The largest absolute Gasteiger partial charge is 0.368 e. The van der Waals surface area contributed by atoms with E-state index in [9.17, 15) is 0 Å². The Morgan fingerprint density at radius 2 is 2.14 bits per heavy atom. The van der Waals surface area contributed by atoms with Crippen molar-refractivity contribution in [2.45, 2.75) is 6.42 Å². The van der Waals surface area contributed by atoms with E-state index < -0.39 is 0 Å². The van der Waals surface area contributed by atoms with Crippen molar-refractivity contribution < 1.29 is 4.90 Å². The molecule has 3 N–H and O–H groups in total. The summed E-state index contributed by atoms with van der Waals surface area (Å²) in [6, 6.07) is 6.17. The van der Waals surface area contributed by atoms with Crippen molar-refractivity contribution in [1.82, 2.24) is 15.0 Å². The standard InChI is InChI=1S/C15H18BrN5/c1-21(2)7-3-6-17-15-14-13(18-9-19-15)11-8-10(16)4-5-12(11)20-14/h4-5,8-9,20H,3,6-7H2,1-2H3,(H,17,18,19)/p+1. The summed E-state index contributed by atoms with van der Waals surface area (Å²) in [6.07, 6.45) is 2.73. The number of H-pyrrole nitrogens is 1. The summed E-state index contributed by atoms with van der Waals surface area (Å²) in [5.74, 6) is 0.876. The van der Waals surface area contributed by atoms with E-state index in [-0.39, 0.29) is 0 Å². The third-order valence-electron chi connectivity index (χ3n) is 3.49. The molecule has 2 aromatic heterocycles. The van der Waals surface area contributed by atoms with Crippen LogP contribution in [0.2, 0.25) is 0 Å². The van der Waals surface area contributed by atoms with Gasteiger partial charge in [0.1, 0.15) is 17.4 Å². The summed E-state index contributed by atoms with van der Waals surface area (Å²) >= 11 is 3.51. The van der Waals surface area contributed by atoms with Crippen LogP contribution in [0.3, 0.4) is 0 Å². The van der Waals surface area contributed by atoms with Crippen LogP contribution in [0.1, 0.15) is 6.42 Å². The number of aromatic nitrogens is 3. The molecule has 0 radical (unpaired) electrons. The summed E-state index contributed by atoms with van der Waals surface area (Å²) in [5.41, 5.74) is 3.01. The molecule has 0 saturated carbocycles. The van der Waals surface area contributed by atoms with Gasteiger partial charge in [0.15, 0.2) is 5.82 Å². The third kappa shape index (κ3) is 3.01. The quantitative estimate of drug-likeness (QED) is 0.616. The van der Waals surface area contributed by atoms with E-state index in [4.69, 9.17) is 0 Å². The smallest absolute Gasteiger partial charge is 0.153 e. The number of nitrogens with zero attached hydrogens (tertiary/aromatic N) is 2. The van der Waals surface area contributed by atoms with Gasteiger partial charge in [0, 0.05) is 28.3 Å². The van der Waals surface area contributed by atoms with Gasteiger partial charge in [0.2, 0.25) is 0 Å². The number of hydrogen-bond acceptors (Lipinski definition) is 3. The molecule has 0 bridgehead atoms. The van der Waals surface area contributed by atoms with Crippen molar-refractivity contribution in [2.75, 3.05) is 32.5 Å². The molecule has 3 rings (SSSR count). The molecule has 0 aliphatic rings. The van der Waals surface area contributed by atoms with E-state index in [1.54, 1.807) is 6.33 Å². The lowest BCUT2D eigenvalue weighted by atomic mass is 10.2. The minimum atomic E-state index is 0.876. The van der Waals surface area contributed by atoms with Crippen LogP contribution < -0.4 is 10.2 Å². The second-order valence-electron chi connectivity index (χ2n) is 5.50. The average Bonchev–Trinajstić information content (AvgIpc) is 2.82. The highest BCUT2D eigenvalue weighted by atomic mass is 79.9. The van der Waals surface area contributed by atoms with Crippen molar-refractivity contribution in [3.05, 3.63) is 29.0 Å². The molecule has 0 spiro atoms. The van der Waals surface area contributed by atoms with Crippen LogP contribution in [0.25, 0.3) is 21.9 Å². The van der Waals surface area contributed by atoms with Crippen LogP contribution in [-0.2, 0) is 0 Å². The van der Waals surface area contributed by atoms with Gasteiger partial charge in [-0.25, -0.2) is 9.97 Å². The van der Waals surface area contributed by atoms with Crippen LogP contribution >= 0.6 is 15.9 Å². The molecule has 1 aromatic carbocycles. The molecule has 110 valence electrons. The molecule has 2 heterocycles. The molecule has 0 unspecified atom stereocenters. The van der Waals surface area contributed by atoms with Crippen LogP contribution in [0.15, 0.2) is 29.0 Å². The zero-order valence-electron chi connectivity index (χ0n) is 12.2. The van der Waals surface area contributed by atoms with Crippen molar-refractivity contribution in [3.8, 4) is 0 Å². The second-order valence-corrected chi connectivity index (χ2v) is 6.41. The fourth-order valence-corrected chi connectivity index (χ4v) is 2.81. The first-order valence-corrected chi connectivity index (χ1v) is 7.89. The maximum absolute atomic E-state index is 4.42.